The van der Waals surface area contributed by atoms with E-state index < -0.39 is 12.7 Å². The maximum Gasteiger partial charge on any atom is 0.387 e. The van der Waals surface area contributed by atoms with E-state index in [4.69, 9.17) is 5.73 Å². The largest absolute Gasteiger partial charge is 0.435 e. The van der Waals surface area contributed by atoms with Crippen LogP contribution in [0.1, 0.15) is 13.3 Å². The van der Waals surface area contributed by atoms with E-state index in [2.05, 4.69) is 10.1 Å². The van der Waals surface area contributed by atoms with Gasteiger partial charge in [0.15, 0.2) is 0 Å². The van der Waals surface area contributed by atoms with Gasteiger partial charge in [0.1, 0.15) is 5.75 Å². The number of benzene rings is 1. The first-order valence-electron chi connectivity index (χ1n) is 5.14. The van der Waals surface area contributed by atoms with Gasteiger partial charge in [-0.25, -0.2) is 0 Å². The molecule has 0 unspecified atom stereocenters. The quantitative estimate of drug-likeness (QED) is 0.870. The Morgan fingerprint density at radius 3 is 2.39 bits per heavy atom. The maximum atomic E-state index is 11.9. The highest BCUT2D eigenvalue weighted by molar-refractivity contribution is 5.94. The highest BCUT2D eigenvalue weighted by Crippen LogP contribution is 2.17. The van der Waals surface area contributed by atoms with E-state index in [-0.39, 0.29) is 24.1 Å². The Morgan fingerprint density at radius 2 is 1.94 bits per heavy atom. The van der Waals surface area contributed by atoms with Crippen molar-refractivity contribution in [1.82, 2.24) is 0 Å². The zero-order valence-electron chi connectivity index (χ0n) is 9.73. The van der Waals surface area contributed by atoms with Gasteiger partial charge in [-0.3, -0.25) is 4.79 Å². The number of amides is 1. The van der Waals surface area contributed by atoms with E-state index in [1.54, 1.807) is 6.92 Å². The molecule has 4 nitrogen and oxygen atoms in total. The molecule has 0 spiro atoms. The van der Waals surface area contributed by atoms with Crippen LogP contribution in [0.2, 0.25) is 0 Å². The SMILES string of the molecule is CC[C@H](N)C(=O)Nc1ccc(OC(F)F)cc1.Cl. The molecule has 0 aliphatic carbocycles. The summed E-state index contributed by atoms with van der Waals surface area (Å²) in [7, 11) is 0. The fourth-order valence-corrected chi connectivity index (χ4v) is 1.14. The second-order valence-electron chi connectivity index (χ2n) is 3.41. The van der Waals surface area contributed by atoms with Crippen molar-refractivity contribution in [3.8, 4) is 5.75 Å². The van der Waals surface area contributed by atoms with Crippen molar-refractivity contribution in [2.75, 3.05) is 5.32 Å². The van der Waals surface area contributed by atoms with E-state index in [1.165, 1.54) is 24.3 Å². The lowest BCUT2D eigenvalue weighted by molar-refractivity contribution is -0.117. The number of nitrogens with one attached hydrogen (secondary N) is 1. The van der Waals surface area contributed by atoms with Crippen LogP contribution >= 0.6 is 12.4 Å². The third kappa shape index (κ3) is 5.29. The molecule has 0 aromatic heterocycles. The lowest BCUT2D eigenvalue weighted by Gasteiger charge is -2.10. The molecule has 3 N–H and O–H groups in total. The normalized spacial score (nSPS) is 11.6. The fourth-order valence-electron chi connectivity index (χ4n) is 1.14. The predicted octanol–water partition coefficient (Wildman–Crippen LogP) is 2.39. The summed E-state index contributed by atoms with van der Waals surface area (Å²) in [5.74, 6) is -0.271. The molecule has 7 heteroatoms. The first kappa shape index (κ1) is 16.6. The predicted molar refractivity (Wildman–Crippen MR) is 67.2 cm³/mol. The smallest absolute Gasteiger partial charge is 0.387 e. The number of carbonyl (C=O) groups is 1. The number of hydrogen-bond donors (Lipinski definition) is 2. The van der Waals surface area contributed by atoms with Crippen LogP contribution in [0.4, 0.5) is 14.5 Å². The molecule has 102 valence electrons. The number of rotatable bonds is 5. The Bertz CT molecular complexity index is 374. The lowest BCUT2D eigenvalue weighted by atomic mass is 10.2. The molecule has 0 aliphatic rings. The molecule has 0 fully saturated rings. The first-order chi connectivity index (χ1) is 8.02. The summed E-state index contributed by atoms with van der Waals surface area (Å²) in [5.41, 5.74) is 6.01. The monoisotopic (exact) mass is 280 g/mol. The summed E-state index contributed by atoms with van der Waals surface area (Å²) in [5, 5.41) is 2.57. The molecule has 0 aliphatic heterocycles. The molecule has 1 atom stereocenters. The summed E-state index contributed by atoms with van der Waals surface area (Å²) >= 11 is 0. The van der Waals surface area contributed by atoms with Gasteiger partial charge in [-0.05, 0) is 30.7 Å². The first-order valence-corrected chi connectivity index (χ1v) is 5.14. The topological polar surface area (TPSA) is 64.4 Å². The highest BCUT2D eigenvalue weighted by Gasteiger charge is 2.11. The van der Waals surface area contributed by atoms with Gasteiger partial charge in [0.05, 0.1) is 6.04 Å². The van der Waals surface area contributed by atoms with E-state index in [9.17, 15) is 13.6 Å². The molecule has 1 aromatic rings. The van der Waals surface area contributed by atoms with Gasteiger partial charge in [-0.2, -0.15) is 8.78 Å². The maximum absolute atomic E-state index is 11.9. The van der Waals surface area contributed by atoms with Crippen molar-refractivity contribution in [3.63, 3.8) is 0 Å². The number of anilines is 1. The zero-order valence-corrected chi connectivity index (χ0v) is 10.5. The third-order valence-corrected chi connectivity index (χ3v) is 2.12. The standard InChI is InChI=1S/C11H14F2N2O2.ClH/c1-2-9(14)10(16)15-7-3-5-8(6-4-7)17-11(12)13;/h3-6,9,11H,2,14H2,1H3,(H,15,16);1H/t9-;/m0./s1. The van der Waals surface area contributed by atoms with E-state index >= 15 is 0 Å². The van der Waals surface area contributed by atoms with Crippen molar-refractivity contribution in [2.45, 2.75) is 26.0 Å². The van der Waals surface area contributed by atoms with Crippen molar-refractivity contribution < 1.29 is 18.3 Å². The number of carbonyl (C=O) groups excluding carboxylic acids is 1. The van der Waals surface area contributed by atoms with Crippen LogP contribution in [0.15, 0.2) is 24.3 Å². The number of nitrogens with two attached hydrogens (primary N) is 1. The average Bonchev–Trinajstić information content (AvgIpc) is 2.30. The van der Waals surface area contributed by atoms with Crippen LogP contribution in [-0.2, 0) is 4.79 Å². The molecule has 0 heterocycles. The minimum absolute atomic E-state index is 0. The average molecular weight is 281 g/mol. The number of alkyl halides is 2. The summed E-state index contributed by atoms with van der Waals surface area (Å²) in [4.78, 5) is 11.4. The lowest BCUT2D eigenvalue weighted by Crippen LogP contribution is -2.34. The molecule has 0 radical (unpaired) electrons. The molecular formula is C11H15ClF2N2O2. The fraction of sp³-hybridized carbons (Fsp3) is 0.364. The second kappa shape index (κ2) is 7.84. The zero-order chi connectivity index (χ0) is 12.8. The molecule has 0 saturated heterocycles. The van der Waals surface area contributed by atoms with Gasteiger partial charge in [0, 0.05) is 5.69 Å². The van der Waals surface area contributed by atoms with Crippen molar-refractivity contribution >= 4 is 24.0 Å². The Labute approximate surface area is 110 Å². The van der Waals surface area contributed by atoms with Gasteiger partial charge in [0.25, 0.3) is 0 Å². The van der Waals surface area contributed by atoms with E-state index in [0.29, 0.717) is 12.1 Å². The molecule has 1 amide bonds. The van der Waals surface area contributed by atoms with Crippen LogP contribution in [0, 0.1) is 0 Å². The summed E-state index contributed by atoms with van der Waals surface area (Å²) < 4.78 is 27.9. The Kier molecular flexibility index (Phi) is 7.23. The minimum Gasteiger partial charge on any atom is -0.435 e. The van der Waals surface area contributed by atoms with Crippen LogP contribution < -0.4 is 15.8 Å². The van der Waals surface area contributed by atoms with Crippen LogP contribution in [0.3, 0.4) is 0 Å². The highest BCUT2D eigenvalue weighted by atomic mass is 35.5. The van der Waals surface area contributed by atoms with Gasteiger partial charge in [0.2, 0.25) is 5.91 Å². The second-order valence-corrected chi connectivity index (χ2v) is 3.41. The van der Waals surface area contributed by atoms with Crippen LogP contribution in [0.25, 0.3) is 0 Å². The van der Waals surface area contributed by atoms with Gasteiger partial charge in [-0.1, -0.05) is 6.92 Å². The van der Waals surface area contributed by atoms with Crippen molar-refractivity contribution in [1.29, 1.82) is 0 Å². The molecule has 18 heavy (non-hydrogen) atoms. The number of ether oxygens (including phenoxy) is 1. The molecular weight excluding hydrogens is 266 g/mol. The van der Waals surface area contributed by atoms with Crippen molar-refractivity contribution in [2.24, 2.45) is 5.73 Å². The van der Waals surface area contributed by atoms with Gasteiger partial charge >= 0.3 is 6.61 Å². The van der Waals surface area contributed by atoms with Gasteiger partial charge < -0.3 is 15.8 Å². The third-order valence-electron chi connectivity index (χ3n) is 2.12. The van der Waals surface area contributed by atoms with Gasteiger partial charge in [-0.15, -0.1) is 12.4 Å². The molecule has 0 saturated carbocycles. The minimum atomic E-state index is -2.86. The Hall–Kier alpha value is -1.40. The van der Waals surface area contributed by atoms with Crippen LogP contribution in [-0.4, -0.2) is 18.6 Å². The summed E-state index contributed by atoms with van der Waals surface area (Å²) in [6, 6.07) is 5.06. The summed E-state index contributed by atoms with van der Waals surface area (Å²) in [6.07, 6.45) is 0.526. The van der Waals surface area contributed by atoms with E-state index in [1.807, 2.05) is 0 Å². The Balaban J connectivity index is 0.00000289. The number of hydrogen-bond acceptors (Lipinski definition) is 3. The molecule has 1 rings (SSSR count). The summed E-state index contributed by atoms with van der Waals surface area (Å²) in [6.45, 7) is -1.06. The van der Waals surface area contributed by atoms with E-state index in [0.717, 1.165) is 0 Å². The van der Waals surface area contributed by atoms with Crippen LogP contribution in [0.5, 0.6) is 5.75 Å². The molecule has 0 bridgehead atoms. The van der Waals surface area contributed by atoms with Crippen molar-refractivity contribution in [3.05, 3.63) is 24.3 Å². The Morgan fingerprint density at radius 1 is 1.39 bits per heavy atom. The molecule has 1 aromatic carbocycles. The number of halogens is 3.